The molecule has 1 aliphatic heterocycles. The standard InChI is InChI=1S/C23H30FNO4/c1-13-17(19(26)27)23(21(3,4)5,15-11-9-10-12-16(15)24)18(20(28)29)14(2)25(13)22(6,7)8/h9-12H,1-8H3,(H,26,27)(H,28,29). The van der Waals surface area contributed by atoms with Crippen molar-refractivity contribution in [1.29, 1.82) is 0 Å². The molecule has 0 unspecified atom stereocenters. The fourth-order valence-corrected chi connectivity index (χ4v) is 4.97. The molecular weight excluding hydrogens is 373 g/mol. The van der Waals surface area contributed by atoms with Crippen molar-refractivity contribution in [3.05, 3.63) is 58.2 Å². The van der Waals surface area contributed by atoms with Crippen molar-refractivity contribution in [3.63, 3.8) is 0 Å². The maximum absolute atomic E-state index is 15.2. The molecule has 2 N–H and O–H groups in total. The molecule has 0 aliphatic carbocycles. The fourth-order valence-electron chi connectivity index (χ4n) is 4.97. The van der Waals surface area contributed by atoms with Crippen molar-refractivity contribution in [3.8, 4) is 0 Å². The quantitative estimate of drug-likeness (QED) is 0.747. The second-order valence-electron chi connectivity index (χ2n) is 9.52. The number of carbonyl (C=O) groups is 2. The molecule has 0 atom stereocenters. The number of hydrogen-bond acceptors (Lipinski definition) is 3. The van der Waals surface area contributed by atoms with Crippen LogP contribution in [-0.4, -0.2) is 32.6 Å². The van der Waals surface area contributed by atoms with Crippen LogP contribution >= 0.6 is 0 Å². The van der Waals surface area contributed by atoms with Gasteiger partial charge in [0.25, 0.3) is 0 Å². The molecule has 0 radical (unpaired) electrons. The molecule has 0 amide bonds. The highest BCUT2D eigenvalue weighted by Crippen LogP contribution is 2.58. The highest BCUT2D eigenvalue weighted by molar-refractivity contribution is 6.01. The minimum atomic E-state index is -1.69. The van der Waals surface area contributed by atoms with Crippen molar-refractivity contribution in [1.82, 2.24) is 4.90 Å². The Bertz CT molecular complexity index is 891. The Morgan fingerprint density at radius 1 is 0.897 bits per heavy atom. The van der Waals surface area contributed by atoms with Crippen LogP contribution in [0.2, 0.25) is 0 Å². The molecule has 1 aromatic rings. The first-order valence-corrected chi connectivity index (χ1v) is 9.54. The number of nitrogens with zero attached hydrogens (tertiary/aromatic N) is 1. The summed E-state index contributed by atoms with van der Waals surface area (Å²) in [5.74, 6) is -3.16. The molecule has 29 heavy (non-hydrogen) atoms. The highest BCUT2D eigenvalue weighted by atomic mass is 19.1. The Hall–Kier alpha value is -2.63. The molecule has 0 aromatic heterocycles. The SMILES string of the molecule is CC1=C(C(=O)O)C(c2ccccc2F)(C(C)(C)C)C(C(=O)O)=C(C)N1C(C)(C)C. The van der Waals surface area contributed by atoms with Crippen LogP contribution in [0, 0.1) is 11.2 Å². The van der Waals surface area contributed by atoms with E-state index in [-0.39, 0.29) is 16.7 Å². The van der Waals surface area contributed by atoms with Gasteiger partial charge in [0.2, 0.25) is 0 Å². The number of allylic oxidation sites excluding steroid dienone is 2. The van der Waals surface area contributed by atoms with Crippen molar-refractivity contribution in [2.75, 3.05) is 0 Å². The molecule has 0 bridgehead atoms. The molecule has 0 saturated carbocycles. The zero-order valence-corrected chi connectivity index (χ0v) is 18.3. The number of rotatable bonds is 3. The van der Waals surface area contributed by atoms with Gasteiger partial charge in [-0.05, 0) is 46.1 Å². The summed E-state index contributed by atoms with van der Waals surface area (Å²) in [6.45, 7) is 14.2. The van der Waals surface area contributed by atoms with E-state index in [1.807, 2.05) is 20.8 Å². The summed E-state index contributed by atoms with van der Waals surface area (Å²) in [5.41, 5.74) is -2.59. The van der Waals surface area contributed by atoms with E-state index in [2.05, 4.69) is 0 Å². The van der Waals surface area contributed by atoms with Gasteiger partial charge < -0.3 is 15.1 Å². The topological polar surface area (TPSA) is 77.8 Å². The lowest BCUT2D eigenvalue weighted by Crippen LogP contribution is -2.55. The number of carboxylic acids is 2. The summed E-state index contributed by atoms with van der Waals surface area (Å²) in [7, 11) is 0. The Labute approximate surface area is 171 Å². The lowest BCUT2D eigenvalue weighted by Gasteiger charge is -2.54. The third-order valence-corrected chi connectivity index (χ3v) is 5.65. The van der Waals surface area contributed by atoms with Crippen LogP contribution in [0.25, 0.3) is 0 Å². The fraction of sp³-hybridized carbons (Fsp3) is 0.478. The van der Waals surface area contributed by atoms with Crippen molar-refractivity contribution >= 4 is 11.9 Å². The molecule has 1 aromatic carbocycles. The van der Waals surface area contributed by atoms with Crippen LogP contribution in [0.4, 0.5) is 4.39 Å². The van der Waals surface area contributed by atoms with Gasteiger partial charge in [0, 0.05) is 22.5 Å². The van der Waals surface area contributed by atoms with Gasteiger partial charge >= 0.3 is 11.9 Å². The number of halogens is 1. The van der Waals surface area contributed by atoms with E-state index in [1.165, 1.54) is 18.2 Å². The molecule has 0 fully saturated rings. The van der Waals surface area contributed by atoms with Gasteiger partial charge in [-0.15, -0.1) is 0 Å². The monoisotopic (exact) mass is 403 g/mol. The zero-order valence-electron chi connectivity index (χ0n) is 18.3. The maximum atomic E-state index is 15.2. The first kappa shape index (κ1) is 22.7. The average Bonchev–Trinajstić information content (AvgIpc) is 2.51. The molecule has 1 heterocycles. The smallest absolute Gasteiger partial charge is 0.334 e. The van der Waals surface area contributed by atoms with Gasteiger partial charge in [-0.2, -0.15) is 0 Å². The van der Waals surface area contributed by atoms with E-state index in [1.54, 1.807) is 45.6 Å². The van der Waals surface area contributed by atoms with Crippen molar-refractivity contribution in [2.45, 2.75) is 66.3 Å². The maximum Gasteiger partial charge on any atom is 0.334 e. The van der Waals surface area contributed by atoms with E-state index in [4.69, 9.17) is 0 Å². The number of benzene rings is 1. The predicted molar refractivity (Wildman–Crippen MR) is 110 cm³/mol. The van der Waals surface area contributed by atoms with Crippen LogP contribution in [0.5, 0.6) is 0 Å². The van der Waals surface area contributed by atoms with Gasteiger partial charge in [0.15, 0.2) is 0 Å². The summed E-state index contributed by atoms with van der Waals surface area (Å²) >= 11 is 0. The molecule has 6 heteroatoms. The second-order valence-corrected chi connectivity index (χ2v) is 9.52. The lowest BCUT2D eigenvalue weighted by atomic mass is 9.53. The third-order valence-electron chi connectivity index (χ3n) is 5.65. The molecule has 5 nitrogen and oxygen atoms in total. The van der Waals surface area contributed by atoms with Crippen LogP contribution in [0.15, 0.2) is 46.8 Å². The number of carboxylic acid groups (broad SMARTS) is 2. The molecular formula is C23H30FNO4. The third kappa shape index (κ3) is 3.24. The van der Waals surface area contributed by atoms with Crippen LogP contribution in [0.3, 0.4) is 0 Å². The van der Waals surface area contributed by atoms with E-state index in [9.17, 15) is 19.8 Å². The van der Waals surface area contributed by atoms with E-state index in [0.29, 0.717) is 11.4 Å². The van der Waals surface area contributed by atoms with Gasteiger partial charge in [-0.1, -0.05) is 39.0 Å². The summed E-state index contributed by atoms with van der Waals surface area (Å²) < 4.78 is 15.2. The molecule has 0 saturated heterocycles. The average molecular weight is 403 g/mol. The summed E-state index contributed by atoms with van der Waals surface area (Å²) in [4.78, 5) is 27.0. The van der Waals surface area contributed by atoms with E-state index < -0.39 is 34.1 Å². The van der Waals surface area contributed by atoms with E-state index in [0.717, 1.165) is 0 Å². The van der Waals surface area contributed by atoms with Crippen molar-refractivity contribution < 1.29 is 24.2 Å². The van der Waals surface area contributed by atoms with Crippen LogP contribution in [0.1, 0.15) is 61.0 Å². The Balaban J connectivity index is 3.24. The minimum absolute atomic E-state index is 0.0505. The first-order valence-electron chi connectivity index (χ1n) is 9.54. The minimum Gasteiger partial charge on any atom is -0.478 e. The Morgan fingerprint density at radius 2 is 1.31 bits per heavy atom. The summed E-state index contributed by atoms with van der Waals surface area (Å²) in [6.07, 6.45) is 0. The lowest BCUT2D eigenvalue weighted by molar-refractivity contribution is -0.136. The molecule has 1 aliphatic rings. The van der Waals surface area contributed by atoms with Crippen LogP contribution in [-0.2, 0) is 15.0 Å². The van der Waals surface area contributed by atoms with Gasteiger partial charge in [0.1, 0.15) is 5.82 Å². The summed E-state index contributed by atoms with van der Waals surface area (Å²) in [6, 6.07) is 5.83. The first-order chi connectivity index (χ1) is 13.1. The Morgan fingerprint density at radius 3 is 1.62 bits per heavy atom. The molecule has 2 rings (SSSR count). The normalized spacial score (nSPS) is 17.6. The molecule has 0 spiro atoms. The predicted octanol–water partition coefficient (Wildman–Crippen LogP) is 4.94. The number of hydrogen-bond donors (Lipinski definition) is 2. The van der Waals surface area contributed by atoms with Gasteiger partial charge in [-0.25, -0.2) is 14.0 Å². The summed E-state index contributed by atoms with van der Waals surface area (Å²) in [5, 5.41) is 20.6. The largest absolute Gasteiger partial charge is 0.478 e. The van der Waals surface area contributed by atoms with Gasteiger partial charge in [-0.3, -0.25) is 0 Å². The second kappa shape index (κ2) is 7.01. The zero-order chi connectivity index (χ0) is 22.5. The van der Waals surface area contributed by atoms with Crippen molar-refractivity contribution in [2.24, 2.45) is 5.41 Å². The number of aliphatic carboxylic acids is 2. The molecule has 158 valence electrons. The van der Waals surface area contributed by atoms with E-state index >= 15 is 4.39 Å². The van der Waals surface area contributed by atoms with Crippen LogP contribution < -0.4 is 0 Å². The Kier molecular flexibility index (Phi) is 5.47. The van der Waals surface area contributed by atoms with Gasteiger partial charge in [0.05, 0.1) is 16.6 Å². The highest BCUT2D eigenvalue weighted by Gasteiger charge is 2.59.